The first-order valence-corrected chi connectivity index (χ1v) is 12.9. The molecule has 2 atom stereocenters. The lowest BCUT2D eigenvalue weighted by Crippen LogP contribution is -2.62. The molecule has 1 aromatic carbocycles. The van der Waals surface area contributed by atoms with Crippen molar-refractivity contribution in [2.45, 2.75) is 37.5 Å². The second-order valence-corrected chi connectivity index (χ2v) is 11.2. The molecule has 2 unspecified atom stereocenters. The molecule has 2 fully saturated rings. The molecule has 3 N–H and O–H groups in total. The monoisotopic (exact) mass is 465 g/mol. The average Bonchev–Trinajstić information content (AvgIpc) is 3.23. The molecule has 2 aromatic rings. The second-order valence-electron chi connectivity index (χ2n) is 8.40. The Morgan fingerprint density at radius 2 is 2.00 bits per heavy atom. The van der Waals surface area contributed by atoms with E-state index in [1.807, 2.05) is 23.6 Å². The van der Waals surface area contributed by atoms with Gasteiger partial charge >= 0.3 is 0 Å². The van der Waals surface area contributed by atoms with Crippen LogP contribution in [-0.4, -0.2) is 62.7 Å². The fourth-order valence-corrected chi connectivity index (χ4v) is 5.88. The number of likely N-dealkylation sites (tertiary alicyclic amines) is 1. The van der Waals surface area contributed by atoms with Crippen LogP contribution in [0.15, 0.2) is 29.6 Å². The maximum absolute atomic E-state index is 13.3. The van der Waals surface area contributed by atoms with E-state index in [0.29, 0.717) is 31.7 Å². The van der Waals surface area contributed by atoms with E-state index in [1.54, 1.807) is 17.4 Å². The molecule has 3 heterocycles. The zero-order chi connectivity index (χ0) is 22.2. The van der Waals surface area contributed by atoms with Gasteiger partial charge in [-0.15, -0.1) is 11.3 Å². The van der Waals surface area contributed by atoms with E-state index in [0.717, 1.165) is 22.9 Å². The van der Waals surface area contributed by atoms with Crippen LogP contribution < -0.4 is 10.5 Å². The summed E-state index contributed by atoms with van der Waals surface area (Å²) in [7, 11) is -3.98. The molecular weight excluding hydrogens is 438 g/mol. The fourth-order valence-electron chi connectivity index (χ4n) is 4.64. The topological polar surface area (TPSA) is 119 Å². The third kappa shape index (κ3) is 4.34. The molecular formula is C21H27N3O5S2. The third-order valence-electron chi connectivity index (χ3n) is 6.71. The zero-order valence-electron chi connectivity index (χ0n) is 17.4. The van der Waals surface area contributed by atoms with Crippen molar-refractivity contribution in [3.63, 3.8) is 0 Å². The van der Waals surface area contributed by atoms with Gasteiger partial charge in [0.15, 0.2) is 5.25 Å². The number of nitrogens with zero attached hydrogens (tertiary/aromatic N) is 1. The van der Waals surface area contributed by atoms with Crippen LogP contribution in [0.25, 0.3) is 10.1 Å². The molecule has 1 spiro atoms. The Morgan fingerprint density at radius 3 is 2.71 bits per heavy atom. The van der Waals surface area contributed by atoms with Crippen LogP contribution in [-0.2, 0) is 19.6 Å². The highest BCUT2D eigenvalue weighted by atomic mass is 32.2. The number of thiophene rings is 1. The normalized spacial score (nSPS) is 22.4. The first kappa shape index (κ1) is 22.2. The first-order valence-electron chi connectivity index (χ1n) is 10.4. The smallest absolute Gasteiger partial charge is 0.252 e. The highest BCUT2D eigenvalue weighted by Crippen LogP contribution is 2.41. The van der Waals surface area contributed by atoms with Gasteiger partial charge in [-0.25, -0.2) is 13.6 Å². The van der Waals surface area contributed by atoms with E-state index in [2.05, 4.69) is 5.32 Å². The number of carbonyl (C=O) groups is 2. The summed E-state index contributed by atoms with van der Waals surface area (Å²) in [6.07, 6.45) is 2.24. The average molecular weight is 466 g/mol. The Kier molecular flexibility index (Phi) is 6.08. The predicted molar refractivity (Wildman–Crippen MR) is 119 cm³/mol. The van der Waals surface area contributed by atoms with E-state index < -0.39 is 21.2 Å². The number of ether oxygens (including phenoxy) is 1. The van der Waals surface area contributed by atoms with Crippen molar-refractivity contribution in [3.8, 4) is 0 Å². The van der Waals surface area contributed by atoms with Crippen molar-refractivity contribution in [3.05, 3.63) is 35.2 Å². The maximum atomic E-state index is 13.3. The standard InChI is InChI=1S/C21H27N3O5S2/c1-14(31(22,27)28)20(26)24-9-6-21(7-10-29-11-8-21)18(13-24)23-19(25)16-3-2-4-17-15(16)5-12-30-17/h2-5,12,14,18H,6-11,13H2,1H3,(H,23,25)(H2,22,27,28). The largest absolute Gasteiger partial charge is 0.381 e. The number of carbonyl (C=O) groups excluding carboxylic acids is 2. The van der Waals surface area contributed by atoms with Crippen LogP contribution in [0.2, 0.25) is 0 Å². The summed E-state index contributed by atoms with van der Waals surface area (Å²) in [6.45, 7) is 3.21. The molecule has 4 rings (SSSR count). The highest BCUT2D eigenvalue weighted by molar-refractivity contribution is 7.90. The minimum Gasteiger partial charge on any atom is -0.381 e. The van der Waals surface area contributed by atoms with E-state index in [9.17, 15) is 18.0 Å². The van der Waals surface area contributed by atoms with E-state index in [4.69, 9.17) is 9.88 Å². The Balaban J connectivity index is 1.60. The summed E-state index contributed by atoms with van der Waals surface area (Å²) >= 11 is 1.58. The number of hydrogen-bond acceptors (Lipinski definition) is 6. The first-order chi connectivity index (χ1) is 14.7. The number of nitrogens with two attached hydrogens (primary N) is 1. The lowest BCUT2D eigenvalue weighted by molar-refractivity contribution is -0.135. The lowest BCUT2D eigenvalue weighted by Gasteiger charge is -2.50. The van der Waals surface area contributed by atoms with Gasteiger partial charge in [-0.1, -0.05) is 6.07 Å². The quantitative estimate of drug-likeness (QED) is 0.712. The van der Waals surface area contributed by atoms with Gasteiger partial charge in [0, 0.05) is 42.0 Å². The van der Waals surface area contributed by atoms with Gasteiger partial charge in [-0.2, -0.15) is 0 Å². The summed E-state index contributed by atoms with van der Waals surface area (Å²) in [4.78, 5) is 27.6. The summed E-state index contributed by atoms with van der Waals surface area (Å²) in [5, 5.41) is 9.92. The van der Waals surface area contributed by atoms with Gasteiger partial charge in [-0.05, 0) is 55.2 Å². The molecule has 2 saturated heterocycles. The molecule has 2 aliphatic rings. The van der Waals surface area contributed by atoms with Gasteiger partial charge in [0.25, 0.3) is 5.91 Å². The maximum Gasteiger partial charge on any atom is 0.252 e. The number of fused-ring (bicyclic) bond motifs is 1. The number of sulfonamides is 1. The Morgan fingerprint density at radius 1 is 1.26 bits per heavy atom. The molecule has 10 heteroatoms. The van der Waals surface area contributed by atoms with Crippen molar-refractivity contribution >= 4 is 43.3 Å². The van der Waals surface area contributed by atoms with Crippen LogP contribution in [0, 0.1) is 5.41 Å². The minimum atomic E-state index is -3.98. The number of rotatable bonds is 4. The summed E-state index contributed by atoms with van der Waals surface area (Å²) in [6, 6.07) is 7.28. The van der Waals surface area contributed by atoms with Gasteiger partial charge < -0.3 is 15.0 Å². The molecule has 0 aliphatic carbocycles. The van der Waals surface area contributed by atoms with Crippen LogP contribution in [0.1, 0.15) is 36.5 Å². The highest BCUT2D eigenvalue weighted by Gasteiger charge is 2.46. The Hall–Kier alpha value is -2.01. The number of piperidine rings is 1. The third-order valence-corrected chi connectivity index (χ3v) is 8.78. The fraction of sp³-hybridized carbons (Fsp3) is 0.524. The lowest BCUT2D eigenvalue weighted by atomic mass is 9.69. The van der Waals surface area contributed by atoms with Crippen molar-refractivity contribution in [2.24, 2.45) is 10.6 Å². The number of hydrogen-bond donors (Lipinski definition) is 2. The van der Waals surface area contributed by atoms with Gasteiger partial charge in [0.05, 0.1) is 6.04 Å². The minimum absolute atomic E-state index is 0.182. The Bertz CT molecular complexity index is 1090. The summed E-state index contributed by atoms with van der Waals surface area (Å²) in [5.41, 5.74) is 0.417. The van der Waals surface area contributed by atoms with Crippen molar-refractivity contribution in [2.75, 3.05) is 26.3 Å². The van der Waals surface area contributed by atoms with Crippen LogP contribution >= 0.6 is 11.3 Å². The number of benzene rings is 1. The molecule has 0 bridgehead atoms. The van der Waals surface area contributed by atoms with Crippen LogP contribution in [0.4, 0.5) is 0 Å². The molecule has 168 valence electrons. The molecule has 2 aliphatic heterocycles. The molecule has 1 aromatic heterocycles. The number of primary sulfonamides is 1. The van der Waals surface area contributed by atoms with Gasteiger partial charge in [0.2, 0.25) is 15.9 Å². The van der Waals surface area contributed by atoms with Crippen molar-refractivity contribution < 1.29 is 22.7 Å². The van der Waals surface area contributed by atoms with E-state index in [-0.39, 0.29) is 23.9 Å². The second kappa shape index (κ2) is 8.50. The Labute approximate surface area is 185 Å². The predicted octanol–water partition coefficient (Wildman–Crippen LogP) is 1.71. The van der Waals surface area contributed by atoms with Gasteiger partial charge in [0.1, 0.15) is 0 Å². The van der Waals surface area contributed by atoms with Crippen molar-refractivity contribution in [1.29, 1.82) is 0 Å². The summed E-state index contributed by atoms with van der Waals surface area (Å²) < 4.78 is 30.0. The zero-order valence-corrected chi connectivity index (χ0v) is 19.0. The molecule has 8 nitrogen and oxygen atoms in total. The van der Waals surface area contributed by atoms with E-state index in [1.165, 1.54) is 11.8 Å². The molecule has 2 amide bonds. The number of nitrogens with one attached hydrogen (secondary N) is 1. The van der Waals surface area contributed by atoms with Crippen molar-refractivity contribution in [1.82, 2.24) is 10.2 Å². The molecule has 0 radical (unpaired) electrons. The van der Waals surface area contributed by atoms with Gasteiger partial charge in [-0.3, -0.25) is 9.59 Å². The number of amides is 2. The molecule has 31 heavy (non-hydrogen) atoms. The van der Waals surface area contributed by atoms with Crippen LogP contribution in [0.5, 0.6) is 0 Å². The van der Waals surface area contributed by atoms with E-state index >= 15 is 0 Å². The SMILES string of the molecule is CC(C(=O)N1CCC2(CCOCC2)C(NC(=O)c2cccc3sccc23)C1)S(N)(=O)=O. The van der Waals surface area contributed by atoms with Crippen LogP contribution in [0.3, 0.4) is 0 Å². The summed E-state index contributed by atoms with van der Waals surface area (Å²) in [5.74, 6) is -0.711. The molecule has 0 saturated carbocycles.